The average molecular weight is 991 g/mol. The minimum absolute atomic E-state index is 0.0137. The summed E-state index contributed by atoms with van der Waals surface area (Å²) >= 11 is 0. The number of allylic oxidation sites excluding steroid dienone is 4. The zero-order chi connectivity index (χ0) is 50.5. The molecule has 8 aliphatic carbocycles. The molecule has 3 heterocycles. The molecule has 21 unspecified atom stereocenters. The molecule has 21 atom stereocenters. The average Bonchev–Trinajstić information content (AvgIpc) is 4.12. The lowest BCUT2D eigenvalue weighted by atomic mass is 9.21. The van der Waals surface area contributed by atoms with Crippen molar-refractivity contribution in [2.75, 3.05) is 26.4 Å². The predicted octanol–water partition coefficient (Wildman–Crippen LogP) is 3.82. The molecule has 6 saturated carbocycles. The van der Waals surface area contributed by atoms with Crippen molar-refractivity contribution in [2.45, 2.75) is 185 Å². The van der Waals surface area contributed by atoms with Gasteiger partial charge in [0.25, 0.3) is 0 Å². The number of hydrogen-bond donors (Lipinski definition) is 11. The Balaban J connectivity index is 1.15. The number of aliphatic hydroxyl groups is 7. The number of nitrogens with one attached hydrogen (secondary N) is 2. The number of rotatable bonds is 12. The van der Waals surface area contributed by atoms with Crippen LogP contribution in [0.3, 0.4) is 0 Å². The summed E-state index contributed by atoms with van der Waals surface area (Å²) in [5.74, 6) is -2.92. The van der Waals surface area contributed by atoms with E-state index in [0.29, 0.717) is 83.6 Å². The van der Waals surface area contributed by atoms with Gasteiger partial charge in [-0.2, -0.15) is 0 Å². The number of aliphatic carboxylic acids is 1. The van der Waals surface area contributed by atoms with Gasteiger partial charge in [0.1, 0.15) is 18.3 Å². The number of aromatic amines is 1. The molecule has 394 valence electrons. The molecule has 2 aliphatic heterocycles. The lowest BCUT2D eigenvalue weighted by Crippen LogP contribution is -2.80. The summed E-state index contributed by atoms with van der Waals surface area (Å²) in [4.78, 5) is 36.7. The molecule has 16 nitrogen and oxygen atoms in total. The molecule has 3 spiro atoms. The molecule has 16 heteroatoms. The zero-order valence-electron chi connectivity index (χ0n) is 42.3. The van der Waals surface area contributed by atoms with Crippen LogP contribution in [0, 0.1) is 72.9 Å². The van der Waals surface area contributed by atoms with Gasteiger partial charge in [-0.25, -0.2) is 4.98 Å². The van der Waals surface area contributed by atoms with Crippen molar-refractivity contribution in [3.63, 3.8) is 0 Å². The van der Waals surface area contributed by atoms with Crippen molar-refractivity contribution in [2.24, 2.45) is 78.6 Å². The van der Waals surface area contributed by atoms with Crippen LogP contribution in [0.2, 0.25) is 0 Å². The number of nitrogens with zero attached hydrogens (tertiary/aromatic N) is 1. The lowest BCUT2D eigenvalue weighted by Gasteiger charge is -2.82. The number of fused-ring (bicyclic) bond motifs is 2. The molecule has 2 saturated heterocycles. The van der Waals surface area contributed by atoms with E-state index in [9.17, 15) is 45.6 Å². The number of ether oxygens (including phenoxy) is 2. The minimum Gasteiger partial charge on any atom is -0.481 e. The molecule has 11 rings (SSSR count). The van der Waals surface area contributed by atoms with E-state index in [1.54, 1.807) is 6.33 Å². The number of aromatic nitrogens is 2. The zero-order valence-corrected chi connectivity index (χ0v) is 42.3. The first-order valence-corrected chi connectivity index (χ1v) is 27.3. The van der Waals surface area contributed by atoms with E-state index < -0.39 is 117 Å². The molecule has 1 aromatic rings. The van der Waals surface area contributed by atoms with Crippen LogP contribution in [0.1, 0.15) is 142 Å². The van der Waals surface area contributed by atoms with Crippen LogP contribution in [-0.4, -0.2) is 138 Å². The minimum atomic E-state index is -1.69. The second-order valence-electron chi connectivity index (χ2n) is 25.8. The fourth-order valence-corrected chi connectivity index (χ4v) is 20.4. The van der Waals surface area contributed by atoms with Crippen LogP contribution >= 0.6 is 0 Å². The van der Waals surface area contributed by atoms with E-state index in [1.165, 1.54) is 11.1 Å². The van der Waals surface area contributed by atoms with Gasteiger partial charge in [-0.1, -0.05) is 63.8 Å². The van der Waals surface area contributed by atoms with Crippen molar-refractivity contribution in [1.29, 1.82) is 0 Å². The van der Waals surface area contributed by atoms with Crippen LogP contribution in [-0.2, 0) is 19.1 Å². The van der Waals surface area contributed by atoms with Gasteiger partial charge in [-0.05, 0) is 136 Å². The molecular formula is C55H82N4O12. The maximum Gasteiger partial charge on any atom is 0.310 e. The molecule has 8 fully saturated rings. The summed E-state index contributed by atoms with van der Waals surface area (Å²) in [7, 11) is 0. The summed E-state index contributed by atoms with van der Waals surface area (Å²) in [6.45, 7) is 8.26. The van der Waals surface area contributed by atoms with Gasteiger partial charge in [0, 0.05) is 53.1 Å². The first kappa shape index (κ1) is 50.4. The SMILES string of the molecule is CC1(CO)CCC2(C(=O)O)CCC34CCC5=CC(C6C(C(CCCN)c7cnc[nH]7)NC(=O)C67CCCC7)C6C(O)C(OC7OCC(O)C(O)C7O)C(C)(C(O)CO)C7CCC3(C)C5(CC=C4C2C1)C67C. The third-order valence-corrected chi connectivity index (χ3v) is 23.8. The van der Waals surface area contributed by atoms with Crippen LogP contribution < -0.4 is 11.1 Å². The summed E-state index contributed by atoms with van der Waals surface area (Å²) in [5.41, 5.74) is 3.85. The van der Waals surface area contributed by atoms with E-state index in [2.05, 4.69) is 48.2 Å². The third kappa shape index (κ3) is 6.29. The predicted molar refractivity (Wildman–Crippen MR) is 258 cm³/mol. The Bertz CT molecular complexity index is 2310. The Hall–Kier alpha value is -2.77. The van der Waals surface area contributed by atoms with Crippen molar-refractivity contribution in [3.8, 4) is 0 Å². The summed E-state index contributed by atoms with van der Waals surface area (Å²) in [5, 5.41) is 96.5. The van der Waals surface area contributed by atoms with Gasteiger partial charge >= 0.3 is 5.97 Å². The van der Waals surface area contributed by atoms with Gasteiger partial charge in [0.2, 0.25) is 5.91 Å². The van der Waals surface area contributed by atoms with E-state index in [1.807, 2.05) is 13.1 Å². The first-order valence-electron chi connectivity index (χ1n) is 27.3. The second-order valence-corrected chi connectivity index (χ2v) is 25.8. The van der Waals surface area contributed by atoms with E-state index in [0.717, 1.165) is 31.4 Å². The molecule has 10 aliphatic rings. The Kier molecular flexibility index (Phi) is 12.2. The van der Waals surface area contributed by atoms with Crippen molar-refractivity contribution in [3.05, 3.63) is 41.5 Å². The number of carbonyl (C=O) groups is 2. The monoisotopic (exact) mass is 991 g/mol. The van der Waals surface area contributed by atoms with Gasteiger partial charge in [-0.15, -0.1) is 0 Å². The fraction of sp³-hybridized carbons (Fsp3) is 0.836. The highest BCUT2D eigenvalue weighted by atomic mass is 16.7. The van der Waals surface area contributed by atoms with E-state index in [-0.39, 0.29) is 42.9 Å². The van der Waals surface area contributed by atoms with Gasteiger partial charge in [0.05, 0.1) is 48.7 Å². The molecule has 12 N–H and O–H groups in total. The standard InChI is InChI=1S/C55H82N4O12/c1-48(27-61)17-18-52(47(68)69)19-20-54-15-9-29-22-31(38-40(59-46(67)53(38)12-5-6-13-53)30(8-7-21-56)34-24-57-28-58-34)39-42(65)44(71-45-43(66)41(64)35(62)26-70-45)50(3,37(63)25-60)36-11-14-49(54,2)55(29,51(36,39)4)16-10-32(54)33(52)23-48/h10,22,24,28,30-31,33,35-45,60-66H,5-9,11-21,23,25-27,56H2,1-4H3,(H,57,58)(H,59,67)(H,68,69). The van der Waals surface area contributed by atoms with Crippen LogP contribution in [0.4, 0.5) is 0 Å². The maximum atomic E-state index is 15.1. The Morgan fingerprint density at radius 3 is 2.39 bits per heavy atom. The van der Waals surface area contributed by atoms with Gasteiger partial charge in [-0.3, -0.25) is 9.59 Å². The normalized spacial score (nSPS) is 50.2. The first-order chi connectivity index (χ1) is 33.8. The number of hydrogen-bond acceptors (Lipinski definition) is 13. The highest BCUT2D eigenvalue weighted by Gasteiger charge is 2.84. The fourth-order valence-electron chi connectivity index (χ4n) is 20.4. The highest BCUT2D eigenvalue weighted by molar-refractivity contribution is 5.86. The molecular weight excluding hydrogens is 909 g/mol. The molecule has 0 aromatic carbocycles. The number of carbonyl (C=O) groups excluding carboxylic acids is 1. The number of carboxylic acids is 1. The lowest BCUT2D eigenvalue weighted by molar-refractivity contribution is -0.366. The molecule has 71 heavy (non-hydrogen) atoms. The molecule has 0 radical (unpaired) electrons. The van der Waals surface area contributed by atoms with Crippen LogP contribution in [0.25, 0.3) is 0 Å². The molecule has 2 bridgehead atoms. The number of imidazole rings is 1. The van der Waals surface area contributed by atoms with E-state index >= 15 is 4.79 Å². The largest absolute Gasteiger partial charge is 0.481 e. The number of carboxylic acid groups (broad SMARTS) is 1. The number of nitrogens with two attached hydrogens (primary N) is 1. The van der Waals surface area contributed by atoms with Crippen molar-refractivity contribution in [1.82, 2.24) is 15.3 Å². The Labute approximate surface area is 417 Å². The molecule has 1 aromatic heterocycles. The summed E-state index contributed by atoms with van der Waals surface area (Å²) < 4.78 is 12.8. The summed E-state index contributed by atoms with van der Waals surface area (Å²) in [6.07, 6.45) is 9.18. The number of aliphatic hydroxyl groups excluding tert-OH is 7. The van der Waals surface area contributed by atoms with Gasteiger partial charge < -0.3 is 66.4 Å². The van der Waals surface area contributed by atoms with Crippen molar-refractivity contribution < 1.29 is 59.9 Å². The van der Waals surface area contributed by atoms with Gasteiger partial charge in [0.15, 0.2) is 6.29 Å². The Morgan fingerprint density at radius 2 is 1.72 bits per heavy atom. The van der Waals surface area contributed by atoms with E-state index in [4.69, 9.17) is 15.2 Å². The third-order valence-electron chi connectivity index (χ3n) is 23.8. The van der Waals surface area contributed by atoms with Crippen LogP contribution in [0.15, 0.2) is 35.8 Å². The van der Waals surface area contributed by atoms with Crippen molar-refractivity contribution >= 4 is 11.9 Å². The van der Waals surface area contributed by atoms with Crippen LogP contribution in [0.5, 0.6) is 0 Å². The highest BCUT2D eigenvalue weighted by Crippen LogP contribution is 2.87. The quantitative estimate of drug-likeness (QED) is 0.105. The number of amides is 1. The second kappa shape index (κ2) is 17.1. The Morgan fingerprint density at radius 1 is 0.972 bits per heavy atom. The molecule has 1 amide bonds. The maximum absolute atomic E-state index is 15.1. The number of H-pyrrole nitrogens is 1. The topological polar surface area (TPSA) is 281 Å². The smallest absolute Gasteiger partial charge is 0.310 e. The summed E-state index contributed by atoms with van der Waals surface area (Å²) in [6, 6.07) is -0.369.